The molecule has 0 aliphatic carbocycles. The van der Waals surface area contributed by atoms with Crippen molar-refractivity contribution in [2.75, 3.05) is 11.9 Å². The molecule has 3 rings (SSSR count). The molecule has 2 aromatic rings. The summed E-state index contributed by atoms with van der Waals surface area (Å²) in [5.41, 5.74) is 0.572. The van der Waals surface area contributed by atoms with Gasteiger partial charge >= 0.3 is 6.18 Å². The summed E-state index contributed by atoms with van der Waals surface area (Å²) in [6.45, 7) is 0.0920. The van der Waals surface area contributed by atoms with Crippen LogP contribution in [0.25, 0.3) is 0 Å². The fourth-order valence-electron chi connectivity index (χ4n) is 2.59. The van der Waals surface area contributed by atoms with E-state index in [2.05, 4.69) is 5.32 Å². The van der Waals surface area contributed by atoms with Gasteiger partial charge in [0, 0.05) is 17.8 Å². The van der Waals surface area contributed by atoms with E-state index in [0.717, 1.165) is 17.7 Å². The topological polar surface area (TPSA) is 49.4 Å². The van der Waals surface area contributed by atoms with E-state index in [9.17, 15) is 22.8 Å². The summed E-state index contributed by atoms with van der Waals surface area (Å²) in [5, 5.41) is 2.40. The van der Waals surface area contributed by atoms with Gasteiger partial charge in [0.15, 0.2) is 0 Å². The van der Waals surface area contributed by atoms with Crippen molar-refractivity contribution in [1.82, 2.24) is 4.90 Å². The first-order valence-corrected chi connectivity index (χ1v) is 7.19. The van der Waals surface area contributed by atoms with E-state index in [1.54, 1.807) is 24.3 Å². The molecule has 4 nitrogen and oxygen atoms in total. The Hall–Kier alpha value is -2.83. The average molecular weight is 334 g/mol. The van der Waals surface area contributed by atoms with Gasteiger partial charge in [0.2, 0.25) is 5.91 Å². The number of amides is 2. The minimum Gasteiger partial charge on any atom is -0.325 e. The van der Waals surface area contributed by atoms with E-state index in [1.165, 1.54) is 17.0 Å². The number of halogens is 3. The van der Waals surface area contributed by atoms with Crippen LogP contribution in [0.3, 0.4) is 0 Å². The lowest BCUT2D eigenvalue weighted by atomic mass is 10.1. The van der Waals surface area contributed by atoms with Gasteiger partial charge in [-0.05, 0) is 29.8 Å². The molecule has 1 N–H and O–H groups in total. The second kappa shape index (κ2) is 5.99. The van der Waals surface area contributed by atoms with Crippen LogP contribution in [0, 0.1) is 0 Å². The largest absolute Gasteiger partial charge is 0.416 e. The molecular weight excluding hydrogens is 321 g/mol. The highest BCUT2D eigenvalue weighted by molar-refractivity contribution is 6.02. The first-order valence-electron chi connectivity index (χ1n) is 7.19. The molecule has 0 fully saturated rings. The number of anilines is 1. The second-order valence-electron chi connectivity index (χ2n) is 5.45. The van der Waals surface area contributed by atoms with Gasteiger partial charge in [-0.25, -0.2) is 0 Å². The van der Waals surface area contributed by atoms with Gasteiger partial charge in [-0.2, -0.15) is 13.2 Å². The van der Waals surface area contributed by atoms with E-state index in [0.29, 0.717) is 12.1 Å². The minimum atomic E-state index is -4.48. The maximum Gasteiger partial charge on any atom is 0.416 e. The van der Waals surface area contributed by atoms with Crippen molar-refractivity contribution in [2.24, 2.45) is 0 Å². The monoisotopic (exact) mass is 334 g/mol. The van der Waals surface area contributed by atoms with Crippen molar-refractivity contribution >= 4 is 17.5 Å². The van der Waals surface area contributed by atoms with Gasteiger partial charge < -0.3 is 10.2 Å². The van der Waals surface area contributed by atoms with E-state index >= 15 is 0 Å². The summed E-state index contributed by atoms with van der Waals surface area (Å²) in [6, 6.07) is 11.4. The zero-order valence-electron chi connectivity index (χ0n) is 12.4. The fourth-order valence-corrected chi connectivity index (χ4v) is 2.59. The van der Waals surface area contributed by atoms with Crippen LogP contribution in [-0.4, -0.2) is 23.3 Å². The van der Waals surface area contributed by atoms with Crippen LogP contribution < -0.4 is 5.32 Å². The predicted octanol–water partition coefficient (Wildman–Crippen LogP) is 3.30. The molecule has 24 heavy (non-hydrogen) atoms. The Morgan fingerprint density at radius 2 is 1.88 bits per heavy atom. The number of hydrogen-bond donors (Lipinski definition) is 1. The van der Waals surface area contributed by atoms with Gasteiger partial charge in [0.1, 0.15) is 6.54 Å². The molecule has 0 spiro atoms. The highest BCUT2D eigenvalue weighted by atomic mass is 19.4. The SMILES string of the molecule is O=C(CN1Cc2ccccc2C1=O)Nc1cccc(C(F)(F)F)c1. The van der Waals surface area contributed by atoms with Crippen molar-refractivity contribution in [3.05, 3.63) is 65.2 Å². The molecular formula is C17H13F3N2O2. The Bertz CT molecular complexity index is 802. The van der Waals surface area contributed by atoms with E-state index in [4.69, 9.17) is 0 Å². The number of fused-ring (bicyclic) bond motifs is 1. The molecule has 0 saturated heterocycles. The molecule has 0 bridgehead atoms. The molecule has 1 aliphatic rings. The lowest BCUT2D eigenvalue weighted by molar-refractivity contribution is -0.137. The number of carbonyl (C=O) groups is 2. The summed E-state index contributed by atoms with van der Waals surface area (Å²) < 4.78 is 38.0. The molecule has 0 aromatic heterocycles. The predicted molar refractivity (Wildman–Crippen MR) is 81.3 cm³/mol. The molecule has 124 valence electrons. The third kappa shape index (κ3) is 3.24. The number of carbonyl (C=O) groups excluding carboxylic acids is 2. The summed E-state index contributed by atoms with van der Waals surface area (Å²) in [5.74, 6) is -0.805. The van der Waals surface area contributed by atoms with Crippen molar-refractivity contribution < 1.29 is 22.8 Å². The quantitative estimate of drug-likeness (QED) is 0.936. The molecule has 2 amide bonds. The number of nitrogens with zero attached hydrogens (tertiary/aromatic N) is 1. The fraction of sp³-hybridized carbons (Fsp3) is 0.176. The Morgan fingerprint density at radius 1 is 1.12 bits per heavy atom. The van der Waals surface area contributed by atoms with Crippen LogP contribution in [0.4, 0.5) is 18.9 Å². The van der Waals surface area contributed by atoms with Crippen LogP contribution in [0.1, 0.15) is 21.5 Å². The van der Waals surface area contributed by atoms with E-state index < -0.39 is 17.6 Å². The Labute approximate surface area is 135 Å². The standard InChI is InChI=1S/C17H13F3N2O2/c18-17(19,20)12-5-3-6-13(8-12)21-15(23)10-22-9-11-4-1-2-7-14(11)16(22)24/h1-8H,9-10H2,(H,21,23). The molecule has 0 radical (unpaired) electrons. The van der Waals surface area contributed by atoms with Gasteiger partial charge in [-0.15, -0.1) is 0 Å². The second-order valence-corrected chi connectivity index (χ2v) is 5.45. The molecule has 0 saturated carbocycles. The maximum absolute atomic E-state index is 12.7. The Kier molecular flexibility index (Phi) is 4.01. The Morgan fingerprint density at radius 3 is 2.58 bits per heavy atom. The van der Waals surface area contributed by atoms with Crippen LogP contribution in [0.15, 0.2) is 48.5 Å². The summed E-state index contributed by atoms with van der Waals surface area (Å²) in [4.78, 5) is 25.6. The Balaban J connectivity index is 1.66. The first-order chi connectivity index (χ1) is 11.3. The van der Waals surface area contributed by atoms with Crippen LogP contribution in [0.5, 0.6) is 0 Å². The van der Waals surface area contributed by atoms with Crippen molar-refractivity contribution in [1.29, 1.82) is 0 Å². The first kappa shape index (κ1) is 16.0. The zero-order valence-corrected chi connectivity index (χ0v) is 12.4. The normalized spacial score (nSPS) is 13.8. The summed E-state index contributed by atoms with van der Waals surface area (Å²) in [7, 11) is 0. The van der Waals surface area contributed by atoms with Crippen LogP contribution >= 0.6 is 0 Å². The van der Waals surface area contributed by atoms with Gasteiger partial charge in [0.25, 0.3) is 5.91 Å². The third-order valence-electron chi connectivity index (χ3n) is 3.70. The molecule has 1 heterocycles. The maximum atomic E-state index is 12.7. The number of nitrogens with one attached hydrogen (secondary N) is 1. The van der Waals surface area contributed by atoms with Crippen molar-refractivity contribution in [3.8, 4) is 0 Å². The molecule has 0 atom stereocenters. The number of hydrogen-bond acceptors (Lipinski definition) is 2. The van der Waals surface area contributed by atoms with Gasteiger partial charge in [0.05, 0.1) is 5.56 Å². The number of rotatable bonds is 3. The highest BCUT2D eigenvalue weighted by Crippen LogP contribution is 2.30. The average Bonchev–Trinajstić information content (AvgIpc) is 2.83. The van der Waals surface area contributed by atoms with E-state index in [-0.39, 0.29) is 18.1 Å². The molecule has 2 aromatic carbocycles. The highest BCUT2D eigenvalue weighted by Gasteiger charge is 2.31. The van der Waals surface area contributed by atoms with Gasteiger partial charge in [-0.1, -0.05) is 24.3 Å². The molecule has 0 unspecified atom stereocenters. The number of alkyl halides is 3. The van der Waals surface area contributed by atoms with Crippen molar-refractivity contribution in [2.45, 2.75) is 12.7 Å². The van der Waals surface area contributed by atoms with E-state index in [1.807, 2.05) is 0 Å². The smallest absolute Gasteiger partial charge is 0.325 e. The number of benzene rings is 2. The molecule has 1 aliphatic heterocycles. The van der Waals surface area contributed by atoms with Crippen LogP contribution in [-0.2, 0) is 17.5 Å². The van der Waals surface area contributed by atoms with Crippen LogP contribution in [0.2, 0.25) is 0 Å². The third-order valence-corrected chi connectivity index (χ3v) is 3.70. The minimum absolute atomic E-state index is 0.0407. The van der Waals surface area contributed by atoms with Gasteiger partial charge in [-0.3, -0.25) is 9.59 Å². The lowest BCUT2D eigenvalue weighted by Crippen LogP contribution is -2.33. The summed E-state index contributed by atoms with van der Waals surface area (Å²) in [6.07, 6.45) is -4.48. The summed E-state index contributed by atoms with van der Waals surface area (Å²) >= 11 is 0. The lowest BCUT2D eigenvalue weighted by Gasteiger charge is -2.15. The zero-order chi connectivity index (χ0) is 17.3. The van der Waals surface area contributed by atoms with Crippen molar-refractivity contribution in [3.63, 3.8) is 0 Å². The molecule has 7 heteroatoms.